The number of piperidine rings is 1. The Morgan fingerprint density at radius 1 is 1.19 bits per heavy atom. The quantitative estimate of drug-likeness (QED) is 0.779. The van der Waals surface area contributed by atoms with Crippen molar-refractivity contribution in [3.63, 3.8) is 0 Å². The van der Waals surface area contributed by atoms with Gasteiger partial charge in [0.25, 0.3) is 0 Å². The molecule has 1 aliphatic heterocycles. The van der Waals surface area contributed by atoms with Crippen LogP contribution in [0.3, 0.4) is 0 Å². The number of nitrogens with zero attached hydrogens (tertiary/aromatic N) is 1. The van der Waals surface area contributed by atoms with E-state index in [9.17, 15) is 9.59 Å². The molecule has 2 amide bonds. The second kappa shape index (κ2) is 9.57. The molecular formula is C20H31N3O3. The van der Waals surface area contributed by atoms with Crippen molar-refractivity contribution in [3.05, 3.63) is 29.8 Å². The summed E-state index contributed by atoms with van der Waals surface area (Å²) in [5.41, 5.74) is 1.08. The third-order valence-electron chi connectivity index (χ3n) is 5.03. The minimum absolute atomic E-state index is 0.0258. The minimum Gasteiger partial charge on any atom is -0.497 e. The molecule has 0 saturated carbocycles. The fourth-order valence-electron chi connectivity index (χ4n) is 3.43. The molecule has 1 saturated heterocycles. The van der Waals surface area contributed by atoms with Gasteiger partial charge in [0.05, 0.1) is 19.7 Å². The van der Waals surface area contributed by atoms with Gasteiger partial charge in [0.1, 0.15) is 5.75 Å². The number of amides is 2. The number of carbonyl (C=O) groups excluding carboxylic acids is 2. The van der Waals surface area contributed by atoms with E-state index in [-0.39, 0.29) is 29.7 Å². The van der Waals surface area contributed by atoms with Gasteiger partial charge >= 0.3 is 0 Å². The highest BCUT2D eigenvalue weighted by atomic mass is 16.5. The number of ether oxygens (including phenoxy) is 1. The van der Waals surface area contributed by atoms with Crippen molar-refractivity contribution >= 4 is 11.8 Å². The van der Waals surface area contributed by atoms with Crippen LogP contribution < -0.4 is 15.4 Å². The van der Waals surface area contributed by atoms with E-state index in [1.165, 1.54) is 0 Å². The topological polar surface area (TPSA) is 70.7 Å². The van der Waals surface area contributed by atoms with E-state index >= 15 is 0 Å². The average molecular weight is 361 g/mol. The first-order chi connectivity index (χ1) is 12.4. The highest BCUT2D eigenvalue weighted by Gasteiger charge is 2.26. The predicted octanol–water partition coefficient (Wildman–Crippen LogP) is 1.97. The summed E-state index contributed by atoms with van der Waals surface area (Å²) in [7, 11) is 3.32. The fourth-order valence-corrected chi connectivity index (χ4v) is 3.43. The molecule has 1 unspecified atom stereocenters. The van der Waals surface area contributed by atoms with Crippen LogP contribution in [0.15, 0.2) is 24.3 Å². The number of rotatable bonds is 7. The van der Waals surface area contributed by atoms with Crippen LogP contribution >= 0.6 is 0 Å². The van der Waals surface area contributed by atoms with Gasteiger partial charge in [0.15, 0.2) is 0 Å². The maximum Gasteiger partial charge on any atom is 0.234 e. The summed E-state index contributed by atoms with van der Waals surface area (Å²) in [5.74, 6) is 1.29. The lowest BCUT2D eigenvalue weighted by molar-refractivity contribution is -0.126. The van der Waals surface area contributed by atoms with Crippen molar-refractivity contribution < 1.29 is 14.3 Å². The van der Waals surface area contributed by atoms with Crippen molar-refractivity contribution in [2.75, 3.05) is 33.8 Å². The van der Waals surface area contributed by atoms with Crippen molar-refractivity contribution in [2.45, 2.75) is 32.7 Å². The summed E-state index contributed by atoms with van der Waals surface area (Å²) < 4.78 is 5.20. The Bertz CT molecular complexity index is 593. The molecule has 1 aromatic rings. The van der Waals surface area contributed by atoms with E-state index in [0.29, 0.717) is 6.54 Å². The van der Waals surface area contributed by atoms with Crippen molar-refractivity contribution in [1.82, 2.24) is 15.5 Å². The summed E-state index contributed by atoms with van der Waals surface area (Å²) in [4.78, 5) is 26.4. The highest BCUT2D eigenvalue weighted by Crippen LogP contribution is 2.24. The normalized spacial score (nSPS) is 17.0. The van der Waals surface area contributed by atoms with Gasteiger partial charge < -0.3 is 15.4 Å². The molecule has 1 heterocycles. The maximum atomic E-state index is 12.5. The largest absolute Gasteiger partial charge is 0.497 e. The van der Waals surface area contributed by atoms with E-state index in [4.69, 9.17) is 4.74 Å². The second-order valence-corrected chi connectivity index (χ2v) is 7.23. The van der Waals surface area contributed by atoms with Crippen LogP contribution in [0, 0.1) is 11.8 Å². The summed E-state index contributed by atoms with van der Waals surface area (Å²) in [6, 6.07) is 7.80. The van der Waals surface area contributed by atoms with Gasteiger partial charge in [-0.2, -0.15) is 0 Å². The molecule has 1 aromatic carbocycles. The molecule has 2 N–H and O–H groups in total. The van der Waals surface area contributed by atoms with E-state index in [1.807, 2.05) is 24.3 Å². The van der Waals surface area contributed by atoms with Crippen LogP contribution in [0.25, 0.3) is 0 Å². The molecule has 0 aromatic heterocycles. The van der Waals surface area contributed by atoms with Crippen LogP contribution in [0.4, 0.5) is 0 Å². The summed E-state index contributed by atoms with van der Waals surface area (Å²) >= 11 is 0. The van der Waals surface area contributed by atoms with Crippen molar-refractivity contribution in [1.29, 1.82) is 0 Å². The Labute approximate surface area is 156 Å². The van der Waals surface area contributed by atoms with Crippen LogP contribution in [0.1, 0.15) is 38.3 Å². The first kappa shape index (κ1) is 20.2. The molecule has 6 nitrogen and oxygen atoms in total. The molecule has 1 atom stereocenters. The smallest absolute Gasteiger partial charge is 0.234 e. The first-order valence-corrected chi connectivity index (χ1v) is 9.31. The Kier molecular flexibility index (Phi) is 7.45. The Hall–Kier alpha value is -2.08. The average Bonchev–Trinajstić information content (AvgIpc) is 2.66. The van der Waals surface area contributed by atoms with Crippen LogP contribution in [0.5, 0.6) is 5.75 Å². The SMILES string of the molecule is CNC(=O)C1CCN(CC(=O)NC(c2ccc(OC)cc2)C(C)C)CC1. The Balaban J connectivity index is 1.89. The molecule has 1 aliphatic rings. The molecule has 0 spiro atoms. The Morgan fingerprint density at radius 3 is 2.31 bits per heavy atom. The minimum atomic E-state index is -0.0307. The van der Waals surface area contributed by atoms with Gasteiger partial charge in [-0.1, -0.05) is 26.0 Å². The molecule has 6 heteroatoms. The first-order valence-electron chi connectivity index (χ1n) is 9.31. The van der Waals surface area contributed by atoms with Crippen LogP contribution in [-0.2, 0) is 9.59 Å². The Morgan fingerprint density at radius 2 is 1.81 bits per heavy atom. The number of carbonyl (C=O) groups is 2. The summed E-state index contributed by atoms with van der Waals surface area (Å²) in [5, 5.41) is 5.87. The zero-order chi connectivity index (χ0) is 19.1. The van der Waals surface area contributed by atoms with E-state index < -0.39 is 0 Å². The summed E-state index contributed by atoms with van der Waals surface area (Å²) in [6.07, 6.45) is 1.61. The zero-order valence-electron chi connectivity index (χ0n) is 16.2. The molecule has 1 fully saturated rings. The van der Waals surface area contributed by atoms with E-state index in [2.05, 4.69) is 29.4 Å². The van der Waals surface area contributed by atoms with Crippen molar-refractivity contribution in [2.24, 2.45) is 11.8 Å². The molecule has 0 radical (unpaired) electrons. The lowest BCUT2D eigenvalue weighted by atomic mass is 9.95. The molecule has 26 heavy (non-hydrogen) atoms. The number of methoxy groups -OCH3 is 1. The predicted molar refractivity (Wildman–Crippen MR) is 102 cm³/mol. The lowest BCUT2D eigenvalue weighted by Crippen LogP contribution is -2.45. The third kappa shape index (κ3) is 5.46. The molecule has 0 bridgehead atoms. The fraction of sp³-hybridized carbons (Fsp3) is 0.600. The number of hydrogen-bond donors (Lipinski definition) is 2. The third-order valence-corrected chi connectivity index (χ3v) is 5.03. The van der Waals surface area contributed by atoms with Gasteiger partial charge in [0, 0.05) is 13.0 Å². The van der Waals surface area contributed by atoms with Crippen molar-refractivity contribution in [3.8, 4) is 5.75 Å². The zero-order valence-corrected chi connectivity index (χ0v) is 16.2. The molecular weight excluding hydrogens is 330 g/mol. The number of hydrogen-bond acceptors (Lipinski definition) is 4. The monoisotopic (exact) mass is 361 g/mol. The van der Waals surface area contributed by atoms with Gasteiger partial charge in [-0.3, -0.25) is 14.5 Å². The van der Waals surface area contributed by atoms with Gasteiger partial charge in [-0.05, 0) is 49.5 Å². The number of likely N-dealkylation sites (tertiary alicyclic amines) is 1. The van der Waals surface area contributed by atoms with Gasteiger partial charge in [-0.25, -0.2) is 0 Å². The maximum absolute atomic E-state index is 12.5. The molecule has 144 valence electrons. The van der Waals surface area contributed by atoms with Gasteiger partial charge in [-0.15, -0.1) is 0 Å². The second-order valence-electron chi connectivity index (χ2n) is 7.23. The standard InChI is InChI=1S/C20H31N3O3/c1-14(2)19(15-5-7-17(26-4)8-6-15)22-18(24)13-23-11-9-16(10-12-23)20(25)21-3/h5-8,14,16,19H,9-13H2,1-4H3,(H,21,25)(H,22,24). The van der Waals surface area contributed by atoms with E-state index in [1.54, 1.807) is 14.2 Å². The molecule has 2 rings (SSSR count). The van der Waals surface area contributed by atoms with E-state index in [0.717, 1.165) is 37.2 Å². The number of benzene rings is 1. The summed E-state index contributed by atoms with van der Waals surface area (Å²) in [6.45, 7) is 6.13. The lowest BCUT2D eigenvalue weighted by Gasteiger charge is -2.31. The number of nitrogens with one attached hydrogen (secondary N) is 2. The van der Waals surface area contributed by atoms with Crippen LogP contribution in [-0.4, -0.2) is 50.5 Å². The molecule has 0 aliphatic carbocycles. The van der Waals surface area contributed by atoms with Gasteiger partial charge in [0.2, 0.25) is 11.8 Å². The highest BCUT2D eigenvalue weighted by molar-refractivity contribution is 5.79. The van der Waals surface area contributed by atoms with Crippen LogP contribution in [0.2, 0.25) is 0 Å².